The average Bonchev–Trinajstić information content (AvgIpc) is 2.56. The molecule has 5 nitrogen and oxygen atoms in total. The minimum Gasteiger partial charge on any atom is -0.355 e. The predicted molar refractivity (Wildman–Crippen MR) is 85.2 cm³/mol. The zero-order valence-corrected chi connectivity index (χ0v) is 13.1. The molecule has 2 aliphatic rings. The minimum absolute atomic E-state index is 0.119. The van der Waals surface area contributed by atoms with E-state index in [1.165, 1.54) is 36.8 Å². The van der Waals surface area contributed by atoms with Gasteiger partial charge in [0.25, 0.3) is 0 Å². The van der Waals surface area contributed by atoms with Gasteiger partial charge in [-0.25, -0.2) is 9.97 Å². The first-order chi connectivity index (χ1) is 10.8. The summed E-state index contributed by atoms with van der Waals surface area (Å²) in [4.78, 5) is 22.6. The molecular weight excluding hydrogens is 276 g/mol. The van der Waals surface area contributed by atoms with E-state index in [0.717, 1.165) is 38.2 Å². The molecule has 0 unspecified atom stereocenters. The Labute approximate surface area is 131 Å². The van der Waals surface area contributed by atoms with Crippen molar-refractivity contribution in [1.82, 2.24) is 20.2 Å². The average molecular weight is 300 g/mol. The summed E-state index contributed by atoms with van der Waals surface area (Å²) < 4.78 is 0. The molecule has 1 N–H and O–H groups in total. The van der Waals surface area contributed by atoms with Gasteiger partial charge >= 0.3 is 0 Å². The van der Waals surface area contributed by atoms with Crippen molar-refractivity contribution in [3.63, 3.8) is 0 Å². The van der Waals surface area contributed by atoms with E-state index in [0.29, 0.717) is 6.54 Å². The molecule has 1 aromatic rings. The van der Waals surface area contributed by atoms with Gasteiger partial charge in [-0.3, -0.25) is 9.69 Å². The van der Waals surface area contributed by atoms with E-state index in [1.807, 2.05) is 6.20 Å². The number of hydrogen-bond donors (Lipinski definition) is 1. The fourth-order valence-electron chi connectivity index (χ4n) is 3.19. The van der Waals surface area contributed by atoms with Crippen molar-refractivity contribution in [3.05, 3.63) is 35.4 Å². The zero-order chi connectivity index (χ0) is 15.2. The van der Waals surface area contributed by atoms with E-state index in [4.69, 9.17) is 0 Å². The summed E-state index contributed by atoms with van der Waals surface area (Å²) in [6.07, 6.45) is 12.8. The third kappa shape index (κ3) is 4.13. The molecule has 2 heterocycles. The molecule has 0 fully saturated rings. The van der Waals surface area contributed by atoms with Crippen LogP contribution in [0.25, 0.3) is 0 Å². The fourth-order valence-corrected chi connectivity index (χ4v) is 3.19. The molecule has 1 aliphatic heterocycles. The Balaban J connectivity index is 1.40. The zero-order valence-electron chi connectivity index (χ0n) is 13.1. The van der Waals surface area contributed by atoms with Gasteiger partial charge in [0.15, 0.2) is 0 Å². The maximum atomic E-state index is 12.1. The summed E-state index contributed by atoms with van der Waals surface area (Å²) in [6, 6.07) is 0. The monoisotopic (exact) mass is 300 g/mol. The lowest BCUT2D eigenvalue weighted by atomic mass is 9.97. The summed E-state index contributed by atoms with van der Waals surface area (Å²) >= 11 is 0. The van der Waals surface area contributed by atoms with Gasteiger partial charge in [-0.15, -0.1) is 0 Å². The molecule has 1 aliphatic carbocycles. The van der Waals surface area contributed by atoms with Gasteiger partial charge in [0.05, 0.1) is 12.2 Å². The van der Waals surface area contributed by atoms with Gasteiger partial charge < -0.3 is 5.32 Å². The molecular formula is C17H24N4O. The van der Waals surface area contributed by atoms with Crippen LogP contribution >= 0.6 is 0 Å². The number of nitrogens with zero attached hydrogens (tertiary/aromatic N) is 3. The molecule has 0 saturated carbocycles. The van der Waals surface area contributed by atoms with E-state index in [9.17, 15) is 4.79 Å². The highest BCUT2D eigenvalue weighted by atomic mass is 16.2. The van der Waals surface area contributed by atoms with E-state index >= 15 is 0 Å². The fraction of sp³-hybridized carbons (Fsp3) is 0.588. The van der Waals surface area contributed by atoms with Crippen molar-refractivity contribution in [3.8, 4) is 0 Å². The Bertz CT molecular complexity index is 555. The van der Waals surface area contributed by atoms with Gasteiger partial charge in [0.1, 0.15) is 6.33 Å². The highest BCUT2D eigenvalue weighted by Gasteiger charge is 2.19. The van der Waals surface area contributed by atoms with Crippen LogP contribution in [0.3, 0.4) is 0 Å². The summed E-state index contributed by atoms with van der Waals surface area (Å²) in [7, 11) is 0. The van der Waals surface area contributed by atoms with Crippen LogP contribution in [-0.2, 0) is 17.8 Å². The minimum atomic E-state index is 0.119. The van der Waals surface area contributed by atoms with Crippen molar-refractivity contribution < 1.29 is 4.79 Å². The van der Waals surface area contributed by atoms with Gasteiger partial charge in [0.2, 0.25) is 5.91 Å². The molecule has 0 atom stereocenters. The summed E-state index contributed by atoms with van der Waals surface area (Å²) in [5.74, 6) is 0.119. The number of nitrogens with one attached hydrogen (secondary N) is 1. The topological polar surface area (TPSA) is 58.1 Å². The van der Waals surface area contributed by atoms with Crippen molar-refractivity contribution in [2.45, 2.75) is 45.1 Å². The van der Waals surface area contributed by atoms with Gasteiger partial charge in [-0.1, -0.05) is 11.6 Å². The maximum absolute atomic E-state index is 12.1. The second-order valence-corrected chi connectivity index (χ2v) is 6.16. The molecule has 5 heteroatoms. The molecule has 0 bridgehead atoms. The van der Waals surface area contributed by atoms with E-state index < -0.39 is 0 Å². The molecule has 0 aromatic carbocycles. The lowest BCUT2D eigenvalue weighted by Crippen LogP contribution is -2.40. The molecule has 22 heavy (non-hydrogen) atoms. The van der Waals surface area contributed by atoms with Crippen molar-refractivity contribution in [2.75, 3.05) is 19.6 Å². The van der Waals surface area contributed by atoms with Crippen molar-refractivity contribution in [2.24, 2.45) is 0 Å². The van der Waals surface area contributed by atoms with Crippen LogP contribution in [0.5, 0.6) is 0 Å². The summed E-state index contributed by atoms with van der Waals surface area (Å²) in [5.41, 5.74) is 3.78. The third-order valence-electron chi connectivity index (χ3n) is 4.47. The summed E-state index contributed by atoms with van der Waals surface area (Å²) in [6.45, 7) is 2.87. The number of allylic oxidation sites excluding steroid dienone is 1. The van der Waals surface area contributed by atoms with Crippen LogP contribution in [0.1, 0.15) is 43.4 Å². The van der Waals surface area contributed by atoms with Gasteiger partial charge in [-0.05, 0) is 44.1 Å². The Kier molecular flexibility index (Phi) is 5.16. The normalized spacial score (nSPS) is 18.5. The number of aromatic nitrogens is 2. The van der Waals surface area contributed by atoms with Crippen molar-refractivity contribution in [1.29, 1.82) is 0 Å². The maximum Gasteiger partial charge on any atom is 0.234 e. The van der Waals surface area contributed by atoms with Crippen LogP contribution < -0.4 is 5.32 Å². The number of carbonyl (C=O) groups is 1. The molecule has 1 amide bonds. The van der Waals surface area contributed by atoms with Gasteiger partial charge in [0, 0.05) is 25.8 Å². The third-order valence-corrected chi connectivity index (χ3v) is 4.47. The van der Waals surface area contributed by atoms with Crippen molar-refractivity contribution >= 4 is 5.91 Å². The molecule has 3 rings (SSSR count). The van der Waals surface area contributed by atoms with Crippen LogP contribution in [-0.4, -0.2) is 40.4 Å². The Morgan fingerprint density at radius 2 is 2.27 bits per heavy atom. The van der Waals surface area contributed by atoms with Crippen LogP contribution in [0, 0.1) is 0 Å². The standard InChI is InChI=1S/C17H24N4O/c22-17(19-8-6-14-4-2-1-3-5-14)12-21-9-7-15-10-18-13-20-16(15)11-21/h4,10,13H,1-3,5-9,11-12H2,(H,19,22). The van der Waals surface area contributed by atoms with Gasteiger partial charge in [-0.2, -0.15) is 0 Å². The molecule has 0 spiro atoms. The van der Waals surface area contributed by atoms with E-state index in [1.54, 1.807) is 6.33 Å². The lowest BCUT2D eigenvalue weighted by Gasteiger charge is -2.26. The second-order valence-electron chi connectivity index (χ2n) is 6.16. The number of hydrogen-bond acceptors (Lipinski definition) is 4. The Hall–Kier alpha value is -1.75. The number of fused-ring (bicyclic) bond motifs is 1. The van der Waals surface area contributed by atoms with Crippen LogP contribution in [0.15, 0.2) is 24.2 Å². The molecule has 0 saturated heterocycles. The lowest BCUT2D eigenvalue weighted by molar-refractivity contribution is -0.122. The number of amides is 1. The number of carbonyl (C=O) groups excluding carboxylic acids is 1. The first-order valence-electron chi connectivity index (χ1n) is 8.26. The smallest absolute Gasteiger partial charge is 0.234 e. The Morgan fingerprint density at radius 3 is 3.14 bits per heavy atom. The predicted octanol–water partition coefficient (Wildman–Crippen LogP) is 1.84. The first kappa shape index (κ1) is 15.2. The largest absolute Gasteiger partial charge is 0.355 e. The quantitative estimate of drug-likeness (QED) is 0.843. The first-order valence-corrected chi connectivity index (χ1v) is 8.26. The van der Waals surface area contributed by atoms with E-state index in [2.05, 4.69) is 26.3 Å². The molecule has 1 aromatic heterocycles. The highest BCUT2D eigenvalue weighted by Crippen LogP contribution is 2.19. The van der Waals surface area contributed by atoms with E-state index in [-0.39, 0.29) is 5.91 Å². The summed E-state index contributed by atoms with van der Waals surface area (Å²) in [5, 5.41) is 3.05. The Morgan fingerprint density at radius 1 is 1.32 bits per heavy atom. The number of rotatable bonds is 5. The molecule has 118 valence electrons. The van der Waals surface area contributed by atoms with Crippen LogP contribution in [0.4, 0.5) is 0 Å². The van der Waals surface area contributed by atoms with Crippen LogP contribution in [0.2, 0.25) is 0 Å². The molecule has 0 radical (unpaired) electrons. The highest BCUT2D eigenvalue weighted by molar-refractivity contribution is 5.78. The second kappa shape index (κ2) is 7.49. The SMILES string of the molecule is O=C(CN1CCc2cncnc2C1)NCCC1=CCCCC1.